The highest BCUT2D eigenvalue weighted by molar-refractivity contribution is 5.76. The summed E-state index contributed by atoms with van der Waals surface area (Å²) < 4.78 is 11.0. The van der Waals surface area contributed by atoms with E-state index in [9.17, 15) is 30.3 Å². The lowest BCUT2D eigenvalue weighted by atomic mass is 9.99. The Morgan fingerprint density at radius 1 is 0.892 bits per heavy atom. The van der Waals surface area contributed by atoms with Crippen molar-refractivity contribution in [2.75, 3.05) is 13.2 Å². The number of rotatable bonds is 21. The molecule has 0 aromatic carbocycles. The molecule has 0 aromatic rings. The molecule has 7 atom stereocenters. The van der Waals surface area contributed by atoms with E-state index in [4.69, 9.17) is 9.47 Å². The van der Waals surface area contributed by atoms with E-state index in [-0.39, 0.29) is 12.5 Å². The maximum Gasteiger partial charge on any atom is 0.220 e. The van der Waals surface area contributed by atoms with Crippen molar-refractivity contribution in [3.8, 4) is 0 Å². The molecule has 6 N–H and O–H groups in total. The van der Waals surface area contributed by atoms with Gasteiger partial charge >= 0.3 is 0 Å². The van der Waals surface area contributed by atoms with Crippen LogP contribution in [0.4, 0.5) is 0 Å². The van der Waals surface area contributed by atoms with E-state index in [1.807, 2.05) is 6.08 Å². The van der Waals surface area contributed by atoms with Gasteiger partial charge in [-0.05, 0) is 19.3 Å². The fourth-order valence-electron chi connectivity index (χ4n) is 4.39. The van der Waals surface area contributed by atoms with E-state index in [1.165, 1.54) is 32.1 Å². The first kappa shape index (κ1) is 34.0. The number of aliphatic hydroxyl groups is 5. The maximum absolute atomic E-state index is 12.5. The monoisotopic (exact) mass is 531 g/mol. The van der Waals surface area contributed by atoms with Gasteiger partial charge in [0.25, 0.3) is 0 Å². The number of ether oxygens (including phenoxy) is 2. The zero-order valence-electron chi connectivity index (χ0n) is 23.0. The van der Waals surface area contributed by atoms with Crippen LogP contribution in [0.5, 0.6) is 0 Å². The number of hydrogen-bond donors (Lipinski definition) is 6. The van der Waals surface area contributed by atoms with Crippen LogP contribution in [-0.4, -0.2) is 87.5 Å². The highest BCUT2D eigenvalue weighted by Gasteiger charge is 2.44. The molecule has 0 radical (unpaired) electrons. The molecule has 9 nitrogen and oxygen atoms in total. The van der Waals surface area contributed by atoms with Gasteiger partial charge in [-0.2, -0.15) is 0 Å². The SMILES string of the molecule is CCCCCCCCC/C=C/C(O)C(COC1OC(CO)C(O)C(O)C1O)NC(=O)CCCCCCC. The summed E-state index contributed by atoms with van der Waals surface area (Å²) in [6, 6.07) is -0.791. The Morgan fingerprint density at radius 3 is 2.11 bits per heavy atom. The summed E-state index contributed by atoms with van der Waals surface area (Å²) in [5.74, 6) is -0.196. The normalized spacial score (nSPS) is 25.9. The van der Waals surface area contributed by atoms with Gasteiger partial charge in [0.15, 0.2) is 6.29 Å². The van der Waals surface area contributed by atoms with Gasteiger partial charge in [-0.25, -0.2) is 0 Å². The number of amides is 1. The van der Waals surface area contributed by atoms with Gasteiger partial charge < -0.3 is 40.3 Å². The number of carbonyl (C=O) groups excluding carboxylic acids is 1. The number of unbranched alkanes of at least 4 members (excludes halogenated alkanes) is 11. The van der Waals surface area contributed by atoms with Crippen LogP contribution in [0.25, 0.3) is 0 Å². The van der Waals surface area contributed by atoms with Gasteiger partial charge in [-0.1, -0.05) is 90.2 Å². The van der Waals surface area contributed by atoms with Crippen molar-refractivity contribution in [2.45, 2.75) is 147 Å². The van der Waals surface area contributed by atoms with Crippen LogP contribution in [-0.2, 0) is 14.3 Å². The van der Waals surface area contributed by atoms with E-state index in [2.05, 4.69) is 19.2 Å². The maximum atomic E-state index is 12.5. The zero-order chi connectivity index (χ0) is 27.5. The molecular formula is C28H53NO8. The van der Waals surface area contributed by atoms with Crippen molar-refractivity contribution in [1.82, 2.24) is 5.32 Å². The van der Waals surface area contributed by atoms with Crippen molar-refractivity contribution in [3.63, 3.8) is 0 Å². The van der Waals surface area contributed by atoms with Gasteiger partial charge in [0.2, 0.25) is 5.91 Å². The minimum atomic E-state index is -1.56. The van der Waals surface area contributed by atoms with Gasteiger partial charge in [0.1, 0.15) is 24.4 Å². The summed E-state index contributed by atoms with van der Waals surface area (Å²) >= 11 is 0. The first-order valence-corrected chi connectivity index (χ1v) is 14.4. The third-order valence-electron chi connectivity index (χ3n) is 6.86. The first-order chi connectivity index (χ1) is 17.8. The van der Waals surface area contributed by atoms with Crippen LogP contribution < -0.4 is 5.32 Å². The van der Waals surface area contributed by atoms with E-state index in [0.29, 0.717) is 6.42 Å². The van der Waals surface area contributed by atoms with Crippen LogP contribution >= 0.6 is 0 Å². The molecule has 7 unspecified atom stereocenters. The quantitative estimate of drug-likeness (QED) is 0.0978. The molecule has 1 saturated heterocycles. The molecule has 1 aliphatic rings. The lowest BCUT2D eigenvalue weighted by Gasteiger charge is -2.40. The number of carbonyl (C=O) groups is 1. The van der Waals surface area contributed by atoms with Crippen molar-refractivity contribution < 1.29 is 39.8 Å². The Kier molecular flexibility index (Phi) is 19.1. The number of allylic oxidation sites excluding steroid dienone is 1. The predicted molar refractivity (Wildman–Crippen MR) is 143 cm³/mol. The Hall–Kier alpha value is -1.07. The molecule has 0 spiro atoms. The second kappa shape index (κ2) is 20.8. The van der Waals surface area contributed by atoms with E-state index < -0.39 is 49.5 Å². The molecule has 0 saturated carbocycles. The van der Waals surface area contributed by atoms with E-state index in [0.717, 1.165) is 51.4 Å². The lowest BCUT2D eigenvalue weighted by molar-refractivity contribution is -0.302. The van der Waals surface area contributed by atoms with Crippen LogP contribution in [0.2, 0.25) is 0 Å². The van der Waals surface area contributed by atoms with Crippen molar-refractivity contribution >= 4 is 5.91 Å². The molecule has 0 aromatic heterocycles. The van der Waals surface area contributed by atoms with Crippen molar-refractivity contribution in [3.05, 3.63) is 12.2 Å². The Labute approximate surface area is 223 Å². The third-order valence-corrected chi connectivity index (χ3v) is 6.86. The zero-order valence-corrected chi connectivity index (χ0v) is 23.0. The van der Waals surface area contributed by atoms with Gasteiger partial charge in [0, 0.05) is 6.42 Å². The summed E-state index contributed by atoms with van der Waals surface area (Å²) in [7, 11) is 0. The van der Waals surface area contributed by atoms with Gasteiger partial charge in [-0.15, -0.1) is 0 Å². The molecule has 1 fully saturated rings. The first-order valence-electron chi connectivity index (χ1n) is 14.4. The average molecular weight is 532 g/mol. The molecule has 1 heterocycles. The van der Waals surface area contributed by atoms with E-state index >= 15 is 0 Å². The second-order valence-corrected chi connectivity index (χ2v) is 10.2. The highest BCUT2D eigenvalue weighted by atomic mass is 16.7. The molecule has 9 heteroatoms. The standard InChI is InChI=1S/C28H53NO8/c1-3-5-7-9-10-11-12-14-15-17-22(31)21(29-24(32)18-16-13-8-6-4-2)20-36-28-27(35)26(34)25(33)23(19-30)37-28/h15,17,21-23,25-28,30-31,33-35H,3-14,16,18-20H2,1-2H3,(H,29,32)/b17-15+. The third kappa shape index (κ3) is 14.0. The van der Waals surface area contributed by atoms with Crippen LogP contribution in [0, 0.1) is 0 Å². The number of hydrogen-bond acceptors (Lipinski definition) is 8. The molecular weight excluding hydrogens is 478 g/mol. The van der Waals surface area contributed by atoms with Crippen molar-refractivity contribution in [1.29, 1.82) is 0 Å². The van der Waals surface area contributed by atoms with E-state index in [1.54, 1.807) is 6.08 Å². The summed E-state index contributed by atoms with van der Waals surface area (Å²) in [6.45, 7) is 3.59. The smallest absolute Gasteiger partial charge is 0.220 e. The number of nitrogens with one attached hydrogen (secondary N) is 1. The fraction of sp³-hybridized carbons (Fsp3) is 0.893. The summed E-state index contributed by atoms with van der Waals surface area (Å²) in [4.78, 5) is 12.5. The molecule has 1 rings (SSSR count). The molecule has 37 heavy (non-hydrogen) atoms. The van der Waals surface area contributed by atoms with Gasteiger partial charge in [0.05, 0.1) is 25.4 Å². The Morgan fingerprint density at radius 2 is 1.49 bits per heavy atom. The summed E-state index contributed by atoms with van der Waals surface area (Å²) in [5, 5.41) is 53.1. The summed E-state index contributed by atoms with van der Waals surface area (Å²) in [5.41, 5.74) is 0. The van der Waals surface area contributed by atoms with Crippen LogP contribution in [0.1, 0.15) is 104 Å². The number of aliphatic hydroxyl groups excluding tert-OH is 5. The van der Waals surface area contributed by atoms with Crippen LogP contribution in [0.15, 0.2) is 12.2 Å². The fourth-order valence-corrected chi connectivity index (χ4v) is 4.39. The average Bonchev–Trinajstić information content (AvgIpc) is 2.89. The Bertz CT molecular complexity index is 603. The minimum absolute atomic E-state index is 0.187. The highest BCUT2D eigenvalue weighted by Crippen LogP contribution is 2.22. The molecule has 218 valence electrons. The second-order valence-electron chi connectivity index (χ2n) is 10.2. The predicted octanol–water partition coefficient (Wildman–Crippen LogP) is 2.71. The molecule has 1 aliphatic heterocycles. The molecule has 0 bridgehead atoms. The largest absolute Gasteiger partial charge is 0.394 e. The van der Waals surface area contributed by atoms with Crippen molar-refractivity contribution in [2.24, 2.45) is 0 Å². The Balaban J connectivity index is 2.62. The molecule has 1 amide bonds. The van der Waals surface area contributed by atoms with Crippen LogP contribution in [0.3, 0.4) is 0 Å². The van der Waals surface area contributed by atoms with Gasteiger partial charge in [-0.3, -0.25) is 4.79 Å². The lowest BCUT2D eigenvalue weighted by Crippen LogP contribution is -2.60. The summed E-state index contributed by atoms with van der Waals surface area (Å²) in [6.07, 6.45) is 10.2. The molecule has 0 aliphatic carbocycles. The topological polar surface area (TPSA) is 149 Å². The minimum Gasteiger partial charge on any atom is -0.394 e.